The number of carbonyl (C=O) groups is 2. The highest BCUT2D eigenvalue weighted by atomic mass is 16.7. The molecule has 0 spiro atoms. The van der Waals surface area contributed by atoms with Gasteiger partial charge in [0.05, 0.1) is 6.26 Å². The summed E-state index contributed by atoms with van der Waals surface area (Å²) in [7, 11) is 0. The summed E-state index contributed by atoms with van der Waals surface area (Å²) in [4.78, 5) is 33.7. The van der Waals surface area contributed by atoms with Crippen LogP contribution in [0.3, 0.4) is 0 Å². The molecule has 3 aromatic rings. The molecule has 0 atom stereocenters. The Labute approximate surface area is 166 Å². The van der Waals surface area contributed by atoms with E-state index >= 15 is 0 Å². The average Bonchev–Trinajstić information content (AvgIpc) is 3.27. The van der Waals surface area contributed by atoms with Gasteiger partial charge in [0.15, 0.2) is 12.4 Å². The highest BCUT2D eigenvalue weighted by molar-refractivity contribution is 6.41. The molecule has 0 saturated carbocycles. The van der Waals surface area contributed by atoms with Crippen molar-refractivity contribution >= 4 is 17.6 Å². The lowest BCUT2D eigenvalue weighted by Gasteiger charge is -2.18. The van der Waals surface area contributed by atoms with Crippen molar-refractivity contribution in [1.29, 1.82) is 0 Å². The highest BCUT2D eigenvalue weighted by Crippen LogP contribution is 2.24. The van der Waals surface area contributed by atoms with Gasteiger partial charge in [-0.1, -0.05) is 65.8 Å². The van der Waals surface area contributed by atoms with Crippen LogP contribution in [0.4, 0.5) is 0 Å². The van der Waals surface area contributed by atoms with Gasteiger partial charge in [0, 0.05) is 0 Å². The van der Waals surface area contributed by atoms with Gasteiger partial charge in [-0.3, -0.25) is 9.63 Å². The Morgan fingerprint density at radius 3 is 2.10 bits per heavy atom. The van der Waals surface area contributed by atoms with Crippen LogP contribution in [0.5, 0.6) is 0 Å². The molecular weight excluding hydrogens is 376 g/mol. The molecule has 2 N–H and O–H groups in total. The molecule has 29 heavy (non-hydrogen) atoms. The minimum Gasteiger partial charge on any atom is -0.476 e. The van der Waals surface area contributed by atoms with E-state index in [1.165, 1.54) is 18.4 Å². The van der Waals surface area contributed by atoms with Gasteiger partial charge in [-0.25, -0.2) is 10.3 Å². The minimum absolute atomic E-state index is 0.0161. The molecule has 1 amide bonds. The van der Waals surface area contributed by atoms with Crippen molar-refractivity contribution in [3.8, 4) is 0 Å². The standard InChI is InChI=1S/C21H18N2O6/c24-18(14-28-23-19(21(25)26)17-12-7-13-27-17)22-29-20(15-8-3-1-4-9-15)16-10-5-2-6-11-16/h1-13,20H,14H2,(H,22,24)(H,25,26)/b23-19+. The molecule has 0 fully saturated rings. The second-order valence-electron chi connectivity index (χ2n) is 5.84. The van der Waals surface area contributed by atoms with Crippen LogP contribution in [0.2, 0.25) is 0 Å². The average molecular weight is 394 g/mol. The number of carboxylic acid groups (broad SMARTS) is 1. The van der Waals surface area contributed by atoms with Gasteiger partial charge < -0.3 is 14.4 Å². The molecule has 1 heterocycles. The molecule has 0 bridgehead atoms. The van der Waals surface area contributed by atoms with Gasteiger partial charge in [-0.2, -0.15) is 0 Å². The van der Waals surface area contributed by atoms with E-state index in [-0.39, 0.29) is 5.76 Å². The number of nitrogens with one attached hydrogen (secondary N) is 1. The Morgan fingerprint density at radius 2 is 1.59 bits per heavy atom. The number of aliphatic carboxylic acids is 1. The molecule has 3 rings (SSSR count). The number of furan rings is 1. The van der Waals surface area contributed by atoms with Gasteiger partial charge in [-0.15, -0.1) is 0 Å². The first-order chi connectivity index (χ1) is 14.1. The maximum Gasteiger partial charge on any atom is 0.361 e. The summed E-state index contributed by atoms with van der Waals surface area (Å²) >= 11 is 0. The molecule has 1 aromatic heterocycles. The van der Waals surface area contributed by atoms with E-state index in [0.717, 1.165) is 11.1 Å². The predicted molar refractivity (Wildman–Crippen MR) is 103 cm³/mol. The predicted octanol–water partition coefficient (Wildman–Crippen LogP) is 2.92. The van der Waals surface area contributed by atoms with Crippen LogP contribution in [-0.2, 0) is 19.3 Å². The SMILES string of the molecule is O=C(CO/N=C(/C(=O)O)c1ccco1)NOC(c1ccccc1)c1ccccc1. The number of carboxylic acids is 1. The second-order valence-corrected chi connectivity index (χ2v) is 5.84. The van der Waals surface area contributed by atoms with Crippen LogP contribution in [0.1, 0.15) is 23.0 Å². The fourth-order valence-corrected chi connectivity index (χ4v) is 2.50. The van der Waals surface area contributed by atoms with E-state index in [9.17, 15) is 9.59 Å². The smallest absolute Gasteiger partial charge is 0.361 e. The molecular formula is C21H18N2O6. The summed E-state index contributed by atoms with van der Waals surface area (Å²) in [5.74, 6) is -1.96. The van der Waals surface area contributed by atoms with E-state index in [1.807, 2.05) is 60.7 Å². The molecule has 0 saturated heterocycles. The van der Waals surface area contributed by atoms with Crippen molar-refractivity contribution < 1.29 is 28.8 Å². The van der Waals surface area contributed by atoms with Crippen molar-refractivity contribution in [1.82, 2.24) is 5.48 Å². The van der Waals surface area contributed by atoms with Crippen LogP contribution in [-0.4, -0.2) is 29.3 Å². The lowest BCUT2D eigenvalue weighted by Crippen LogP contribution is -2.29. The number of nitrogens with zero attached hydrogens (tertiary/aromatic N) is 1. The van der Waals surface area contributed by atoms with Crippen LogP contribution in [0, 0.1) is 0 Å². The van der Waals surface area contributed by atoms with Crippen LogP contribution in [0.15, 0.2) is 88.6 Å². The largest absolute Gasteiger partial charge is 0.476 e. The zero-order valence-electron chi connectivity index (χ0n) is 15.2. The number of benzene rings is 2. The number of oxime groups is 1. The number of hydroxylamine groups is 1. The summed E-state index contributed by atoms with van der Waals surface area (Å²) in [5.41, 5.74) is 3.57. The summed E-state index contributed by atoms with van der Waals surface area (Å²) in [6.07, 6.45) is 0.782. The molecule has 8 nitrogen and oxygen atoms in total. The third-order valence-electron chi connectivity index (χ3n) is 3.80. The fraction of sp³-hybridized carbons (Fsp3) is 0.0952. The van der Waals surface area contributed by atoms with Gasteiger partial charge >= 0.3 is 5.97 Å². The number of rotatable bonds is 9. The van der Waals surface area contributed by atoms with Gasteiger partial charge in [-0.05, 0) is 23.3 Å². The molecule has 0 aliphatic heterocycles. The summed E-state index contributed by atoms with van der Waals surface area (Å²) in [5, 5.41) is 12.6. The molecule has 0 aliphatic rings. The second kappa shape index (κ2) is 9.86. The van der Waals surface area contributed by atoms with E-state index in [1.54, 1.807) is 0 Å². The third kappa shape index (κ3) is 5.53. The summed E-state index contributed by atoms with van der Waals surface area (Å²) in [6, 6.07) is 21.7. The third-order valence-corrected chi connectivity index (χ3v) is 3.80. The maximum atomic E-state index is 12.0. The zero-order valence-corrected chi connectivity index (χ0v) is 15.2. The number of amides is 1. The van der Waals surface area contributed by atoms with Crippen molar-refractivity contribution in [2.24, 2.45) is 5.16 Å². The van der Waals surface area contributed by atoms with Crippen LogP contribution in [0.25, 0.3) is 0 Å². The van der Waals surface area contributed by atoms with Crippen LogP contribution >= 0.6 is 0 Å². The lowest BCUT2D eigenvalue weighted by molar-refractivity contribution is -0.142. The molecule has 148 valence electrons. The minimum atomic E-state index is -1.34. The quantitative estimate of drug-likeness (QED) is 0.426. The maximum absolute atomic E-state index is 12.0. The Kier molecular flexibility index (Phi) is 6.75. The number of carbonyl (C=O) groups excluding carboxylic acids is 1. The fourth-order valence-electron chi connectivity index (χ4n) is 2.50. The number of hydrogen-bond acceptors (Lipinski definition) is 6. The first kappa shape index (κ1) is 19.8. The van der Waals surface area contributed by atoms with E-state index < -0.39 is 30.3 Å². The molecule has 0 radical (unpaired) electrons. The normalized spacial score (nSPS) is 11.3. The van der Waals surface area contributed by atoms with Crippen molar-refractivity contribution in [3.05, 3.63) is 95.9 Å². The lowest BCUT2D eigenvalue weighted by atomic mass is 10.0. The van der Waals surface area contributed by atoms with Crippen molar-refractivity contribution in [2.45, 2.75) is 6.10 Å². The van der Waals surface area contributed by atoms with Gasteiger partial charge in [0.25, 0.3) is 5.91 Å². The monoisotopic (exact) mass is 394 g/mol. The summed E-state index contributed by atoms with van der Waals surface area (Å²) in [6.45, 7) is -0.534. The van der Waals surface area contributed by atoms with E-state index in [4.69, 9.17) is 19.2 Å². The molecule has 2 aromatic carbocycles. The highest BCUT2D eigenvalue weighted by Gasteiger charge is 2.18. The molecule has 0 aliphatic carbocycles. The molecule has 8 heteroatoms. The van der Waals surface area contributed by atoms with Gasteiger partial charge in [0.1, 0.15) is 6.10 Å². The van der Waals surface area contributed by atoms with Crippen LogP contribution < -0.4 is 5.48 Å². The summed E-state index contributed by atoms with van der Waals surface area (Å²) < 4.78 is 4.97. The van der Waals surface area contributed by atoms with E-state index in [0.29, 0.717) is 0 Å². The Hall–Kier alpha value is -3.91. The van der Waals surface area contributed by atoms with Gasteiger partial charge in [0.2, 0.25) is 5.71 Å². The zero-order chi connectivity index (χ0) is 20.5. The van der Waals surface area contributed by atoms with Crippen molar-refractivity contribution in [2.75, 3.05) is 6.61 Å². The van der Waals surface area contributed by atoms with Crippen molar-refractivity contribution in [3.63, 3.8) is 0 Å². The van der Waals surface area contributed by atoms with E-state index in [2.05, 4.69) is 10.6 Å². The first-order valence-corrected chi connectivity index (χ1v) is 8.66. The topological polar surface area (TPSA) is 110 Å². The Balaban J connectivity index is 1.60. The number of hydrogen-bond donors (Lipinski definition) is 2. The Morgan fingerprint density at radius 1 is 0.966 bits per heavy atom. The Bertz CT molecular complexity index is 916. The first-order valence-electron chi connectivity index (χ1n) is 8.66. The molecule has 0 unspecified atom stereocenters.